The third kappa shape index (κ3) is 5.97. The van der Waals surface area contributed by atoms with Crippen LogP contribution in [0.25, 0.3) is 0 Å². The van der Waals surface area contributed by atoms with E-state index >= 15 is 0 Å². The maximum absolute atomic E-state index is 13.3. The van der Waals surface area contributed by atoms with E-state index < -0.39 is 5.92 Å². The lowest BCUT2D eigenvalue weighted by atomic mass is 9.69. The van der Waals surface area contributed by atoms with Gasteiger partial charge in [0.15, 0.2) is 11.7 Å². The van der Waals surface area contributed by atoms with Crippen molar-refractivity contribution in [3.63, 3.8) is 0 Å². The van der Waals surface area contributed by atoms with Crippen molar-refractivity contribution in [2.75, 3.05) is 45.3 Å². The lowest BCUT2D eigenvalue weighted by Gasteiger charge is -2.50. The molecule has 8 aliphatic rings. The molecule has 11 unspecified atom stereocenters. The van der Waals surface area contributed by atoms with Gasteiger partial charge < -0.3 is 25.8 Å². The lowest BCUT2D eigenvalue weighted by Crippen LogP contribution is -2.79. The Morgan fingerprint density at radius 3 is 2.74 bits per heavy atom. The number of nitrogens with one attached hydrogen (secondary N) is 7. The van der Waals surface area contributed by atoms with E-state index in [2.05, 4.69) is 53.2 Å². The van der Waals surface area contributed by atoms with Gasteiger partial charge in [-0.25, -0.2) is 15.8 Å². The average Bonchev–Trinajstić information content (AvgIpc) is 3.83. The van der Waals surface area contributed by atoms with E-state index in [4.69, 9.17) is 15.2 Å². The first-order chi connectivity index (χ1) is 22.4. The van der Waals surface area contributed by atoms with E-state index in [1.807, 2.05) is 0 Å². The molecule has 15 nitrogen and oxygen atoms in total. The van der Waals surface area contributed by atoms with Gasteiger partial charge in [-0.2, -0.15) is 0 Å². The lowest BCUT2D eigenvalue weighted by molar-refractivity contribution is -0.431. The summed E-state index contributed by atoms with van der Waals surface area (Å²) >= 11 is 1.76. The molecule has 6 heterocycles. The molecule has 8 rings (SSSR count). The Morgan fingerprint density at radius 1 is 1.07 bits per heavy atom. The second-order valence-electron chi connectivity index (χ2n) is 14.5. The highest BCUT2D eigenvalue weighted by molar-refractivity contribution is 8.01. The number of primary amides is 1. The first kappa shape index (κ1) is 31.7. The number of ether oxygens (including phenoxy) is 2. The molecular formula is C30H52N11O4S+. The van der Waals surface area contributed by atoms with Crippen molar-refractivity contribution in [2.24, 2.45) is 29.4 Å². The second kappa shape index (κ2) is 13.4. The Morgan fingerprint density at radius 2 is 1.91 bits per heavy atom. The number of ketones is 1. The van der Waals surface area contributed by atoms with Gasteiger partial charge in [-0.1, -0.05) is 6.42 Å². The third-order valence-corrected chi connectivity index (χ3v) is 13.3. The Bertz CT molecular complexity index is 1180. The molecule has 16 heteroatoms. The number of carbonyl (C=O) groups excluding carboxylic acids is 2. The molecule has 0 spiro atoms. The summed E-state index contributed by atoms with van der Waals surface area (Å²) in [5.41, 5.74) is 24.2. The van der Waals surface area contributed by atoms with E-state index in [0.717, 1.165) is 51.1 Å². The van der Waals surface area contributed by atoms with Crippen LogP contribution >= 0.6 is 11.8 Å². The van der Waals surface area contributed by atoms with Crippen molar-refractivity contribution in [1.82, 2.24) is 47.5 Å². The zero-order chi connectivity index (χ0) is 31.4. The van der Waals surface area contributed by atoms with E-state index in [9.17, 15) is 9.59 Å². The molecule has 0 aromatic rings. The first-order valence-corrected chi connectivity index (χ1v) is 18.5. The van der Waals surface area contributed by atoms with Crippen molar-refractivity contribution >= 4 is 23.5 Å². The second-order valence-corrected chi connectivity index (χ2v) is 15.7. The summed E-state index contributed by atoms with van der Waals surface area (Å²) < 4.78 is 12.2. The average molecular weight is 663 g/mol. The summed E-state index contributed by atoms with van der Waals surface area (Å²) in [6, 6.07) is 0.972. The minimum absolute atomic E-state index is 0.0903. The number of quaternary nitrogens is 1. The molecule has 2 saturated carbocycles. The molecule has 0 radical (unpaired) electrons. The number of nitrogens with two attached hydrogens (primary N) is 1. The Labute approximate surface area is 274 Å². The fourth-order valence-corrected chi connectivity index (χ4v) is 11.0. The maximum Gasteiger partial charge on any atom is 0.226 e. The van der Waals surface area contributed by atoms with Crippen LogP contribution in [0.4, 0.5) is 0 Å². The van der Waals surface area contributed by atoms with Gasteiger partial charge in [0.05, 0.1) is 50.2 Å². The Kier molecular flexibility index (Phi) is 9.22. The molecule has 2 aliphatic carbocycles. The predicted molar refractivity (Wildman–Crippen MR) is 170 cm³/mol. The number of thioether (sulfide) groups is 1. The minimum Gasteiger partial charge on any atom is -0.474 e. The van der Waals surface area contributed by atoms with Crippen LogP contribution in [0.3, 0.4) is 0 Å². The van der Waals surface area contributed by atoms with Crippen LogP contribution in [0, 0.1) is 23.7 Å². The zero-order valence-electron chi connectivity index (χ0n) is 26.5. The number of nitrogens with zero attached hydrogens (tertiary/aromatic N) is 2. The van der Waals surface area contributed by atoms with Crippen molar-refractivity contribution in [3.8, 4) is 0 Å². The maximum atomic E-state index is 13.3. The van der Waals surface area contributed by atoms with Crippen molar-refractivity contribution in [3.05, 3.63) is 12.0 Å². The number of fused-ring (bicyclic) bond motifs is 3. The number of carbonyl (C=O) groups is 2. The summed E-state index contributed by atoms with van der Waals surface area (Å²) in [5.74, 6) is 2.05. The molecule has 256 valence electrons. The highest BCUT2D eigenvalue weighted by atomic mass is 32.2. The molecular weight excluding hydrogens is 610 g/mol. The van der Waals surface area contributed by atoms with E-state index in [-0.39, 0.29) is 59.7 Å². The van der Waals surface area contributed by atoms with Gasteiger partial charge in [0.25, 0.3) is 0 Å². The number of rotatable bonds is 7. The predicted octanol–water partition coefficient (Wildman–Crippen LogP) is -3.53. The van der Waals surface area contributed by atoms with E-state index in [1.54, 1.807) is 17.8 Å². The van der Waals surface area contributed by atoms with Crippen molar-refractivity contribution in [1.29, 1.82) is 0 Å². The van der Waals surface area contributed by atoms with Crippen LogP contribution in [-0.4, -0.2) is 121 Å². The van der Waals surface area contributed by atoms with Gasteiger partial charge in [-0.3, -0.25) is 36.4 Å². The monoisotopic (exact) mass is 662 g/mol. The standard InChI is InChI=1S/C30H51N11O4S/c31-18-3-1-2-4-19(18)36-30-37-28(23(27(32)43)29-39-34-14-41(29)30)35-20-10-15(9-16-12-33-38-24(16)20)17-13-46-26-21(42)11-22(45-25(17)26)40-5-7-44-8-6-40/h11,15-20,23-26,28-30,33-39H,1-10,12-14,31H2,(H2,32,43)/p+1/t15?,16?,17?,18-,19+,20?,23?,24?,25?,26?,28?,29?,30?/m1/s1. The smallest absolute Gasteiger partial charge is 0.226 e. The summed E-state index contributed by atoms with van der Waals surface area (Å²) in [4.78, 5) is 30.8. The number of hydrazine groups is 2. The number of amides is 1. The van der Waals surface area contributed by atoms with Gasteiger partial charge in [-0.05, 0) is 37.5 Å². The minimum atomic E-state index is -0.491. The van der Waals surface area contributed by atoms with Gasteiger partial charge in [0, 0.05) is 55.9 Å². The van der Waals surface area contributed by atoms with Crippen molar-refractivity contribution in [2.45, 2.75) is 92.7 Å². The molecule has 12 N–H and O–H groups in total. The topological polar surface area (TPSA) is 197 Å². The largest absolute Gasteiger partial charge is 0.474 e. The number of allylic oxidation sites excluding steroid dienone is 1. The summed E-state index contributed by atoms with van der Waals surface area (Å²) in [6.45, 7) is 4.29. The van der Waals surface area contributed by atoms with Crippen LogP contribution in [-0.2, 0) is 19.1 Å². The summed E-state index contributed by atoms with van der Waals surface area (Å²) in [5, 5.41) is 11.4. The normalized spacial score (nSPS) is 46.3. The summed E-state index contributed by atoms with van der Waals surface area (Å²) in [6.07, 6.45) is 7.51. The van der Waals surface area contributed by atoms with Gasteiger partial charge in [-0.15, -0.1) is 11.8 Å². The fraction of sp³-hybridized carbons (Fsp3) is 0.867. The zero-order valence-corrected chi connectivity index (χ0v) is 27.3. The molecule has 13 atom stereocenters. The number of hydrogen-bond donors (Lipinski definition) is 9. The first-order valence-electron chi connectivity index (χ1n) is 17.4. The molecule has 0 aromatic heterocycles. The molecule has 1 amide bonds. The Hall–Kier alpha value is -1.57. The van der Waals surface area contributed by atoms with Gasteiger partial charge in [0.1, 0.15) is 17.6 Å². The SMILES string of the molecule is NC(=O)C1C(NC2CC(C3CSC4C(=O)C=C(N5CCOCC5)OC43)CC3CNNC32)NC(N[C@H]2CCCC[C@H]2[NH3+])N2CNNC12. The van der Waals surface area contributed by atoms with Gasteiger partial charge >= 0.3 is 0 Å². The van der Waals surface area contributed by atoms with Crippen LogP contribution in [0.15, 0.2) is 12.0 Å². The van der Waals surface area contributed by atoms with Crippen LogP contribution in [0.5, 0.6) is 0 Å². The van der Waals surface area contributed by atoms with Crippen molar-refractivity contribution < 1.29 is 24.8 Å². The third-order valence-electron chi connectivity index (χ3n) is 11.9. The van der Waals surface area contributed by atoms with Crippen LogP contribution in [0.1, 0.15) is 38.5 Å². The highest BCUT2D eigenvalue weighted by Gasteiger charge is 2.54. The highest BCUT2D eigenvalue weighted by Crippen LogP contribution is 2.47. The summed E-state index contributed by atoms with van der Waals surface area (Å²) in [7, 11) is 0. The molecule has 46 heavy (non-hydrogen) atoms. The van der Waals surface area contributed by atoms with E-state index in [1.165, 1.54) is 12.8 Å². The Balaban J connectivity index is 1.01. The van der Waals surface area contributed by atoms with Gasteiger partial charge in [0.2, 0.25) is 5.91 Å². The molecule has 6 aliphatic heterocycles. The van der Waals surface area contributed by atoms with Crippen LogP contribution in [0.2, 0.25) is 0 Å². The molecule has 7 fully saturated rings. The molecule has 0 aromatic carbocycles. The quantitative estimate of drug-likeness (QED) is 0.130. The van der Waals surface area contributed by atoms with Crippen LogP contribution < -0.4 is 49.1 Å². The molecule has 5 saturated heterocycles. The number of hydrogen-bond acceptors (Lipinski definition) is 14. The van der Waals surface area contributed by atoms with E-state index in [0.29, 0.717) is 49.7 Å². The molecule has 0 bridgehead atoms. The fourth-order valence-electron chi connectivity index (χ4n) is 9.44. The number of morpholine rings is 1.